The topological polar surface area (TPSA) is 136 Å². The number of esters is 2. The molecule has 0 aliphatic heterocycles. The van der Waals surface area contributed by atoms with Gasteiger partial charge in [-0.3, -0.25) is 10.1 Å². The van der Waals surface area contributed by atoms with Gasteiger partial charge in [0.2, 0.25) is 5.75 Å². The average Bonchev–Trinajstić information content (AvgIpc) is 2.66. The van der Waals surface area contributed by atoms with Gasteiger partial charge in [0, 0.05) is 6.07 Å². The number of aromatic hydroxyl groups is 2. The zero-order valence-electron chi connectivity index (χ0n) is 15.3. The predicted octanol–water partition coefficient (Wildman–Crippen LogP) is 4.57. The number of nitro benzene ring substituents is 1. The van der Waals surface area contributed by atoms with E-state index in [9.17, 15) is 24.8 Å². The van der Waals surface area contributed by atoms with E-state index in [1.54, 1.807) is 13.8 Å². The first-order valence-electron chi connectivity index (χ1n) is 8.11. The molecule has 0 fully saturated rings. The number of carbonyl (C=O) groups excluding carboxylic acids is 2. The van der Waals surface area contributed by atoms with E-state index < -0.39 is 22.3 Å². The summed E-state index contributed by atoms with van der Waals surface area (Å²) >= 11 is 6.03. The molecule has 2 rings (SSSR count). The summed E-state index contributed by atoms with van der Waals surface area (Å²) in [7, 11) is 0. The van der Waals surface area contributed by atoms with Gasteiger partial charge in [-0.25, -0.2) is 9.59 Å². The lowest BCUT2D eigenvalue weighted by molar-refractivity contribution is -0.386. The van der Waals surface area contributed by atoms with Crippen molar-refractivity contribution in [2.24, 2.45) is 0 Å². The van der Waals surface area contributed by atoms with Crippen LogP contribution in [-0.2, 0) is 9.47 Å². The summed E-state index contributed by atoms with van der Waals surface area (Å²) in [5.41, 5.74) is -0.109. The maximum Gasteiger partial charge on any atom is 0.338 e. The van der Waals surface area contributed by atoms with Gasteiger partial charge in [-0.15, -0.1) is 0 Å². The first kappa shape index (κ1) is 24.4. The van der Waals surface area contributed by atoms with Crippen LogP contribution < -0.4 is 0 Å². The fourth-order valence-corrected chi connectivity index (χ4v) is 2.73. The molecule has 0 radical (unpaired) electrons. The molecular formula is C18H17Br2NO8. The van der Waals surface area contributed by atoms with Crippen LogP contribution in [0.1, 0.15) is 34.6 Å². The molecule has 0 aromatic heterocycles. The molecule has 11 heteroatoms. The van der Waals surface area contributed by atoms with Crippen molar-refractivity contribution in [2.75, 3.05) is 13.2 Å². The lowest BCUT2D eigenvalue weighted by Gasteiger charge is -2.04. The van der Waals surface area contributed by atoms with Gasteiger partial charge in [0.15, 0.2) is 0 Å². The number of benzene rings is 2. The van der Waals surface area contributed by atoms with Crippen molar-refractivity contribution in [3.8, 4) is 11.5 Å². The van der Waals surface area contributed by atoms with Crippen molar-refractivity contribution < 1.29 is 34.2 Å². The highest BCUT2D eigenvalue weighted by Crippen LogP contribution is 2.35. The minimum atomic E-state index is -0.775. The zero-order chi connectivity index (χ0) is 22.1. The van der Waals surface area contributed by atoms with Crippen molar-refractivity contribution >= 4 is 49.5 Å². The van der Waals surface area contributed by atoms with Gasteiger partial charge in [-0.1, -0.05) is 0 Å². The summed E-state index contributed by atoms with van der Waals surface area (Å²) in [5, 5.41) is 29.1. The fourth-order valence-electron chi connectivity index (χ4n) is 1.90. The molecule has 0 aliphatic carbocycles. The Bertz CT molecular complexity index is 917. The van der Waals surface area contributed by atoms with Gasteiger partial charge < -0.3 is 19.7 Å². The SMILES string of the molecule is CCOC(=O)c1cc(Br)c(O)c([N+](=O)[O-])c1.CCOC(=O)c1ccc(O)c(Br)c1. The number of nitrogens with zero attached hydrogens (tertiary/aromatic N) is 1. The molecule has 0 amide bonds. The van der Waals surface area contributed by atoms with Crippen molar-refractivity contribution in [1.82, 2.24) is 0 Å². The third-order valence-corrected chi connectivity index (χ3v) is 4.45. The molecule has 0 unspecified atom stereocenters. The zero-order valence-corrected chi connectivity index (χ0v) is 18.5. The number of hydrogen-bond donors (Lipinski definition) is 2. The summed E-state index contributed by atoms with van der Waals surface area (Å²) in [4.78, 5) is 32.3. The third-order valence-electron chi connectivity index (χ3n) is 3.21. The Hall–Kier alpha value is -2.66. The van der Waals surface area contributed by atoms with Crippen LogP contribution >= 0.6 is 31.9 Å². The van der Waals surface area contributed by atoms with Crippen LogP contribution in [0.2, 0.25) is 0 Å². The lowest BCUT2D eigenvalue weighted by atomic mass is 10.2. The van der Waals surface area contributed by atoms with E-state index in [4.69, 9.17) is 14.6 Å². The van der Waals surface area contributed by atoms with Gasteiger partial charge in [0.1, 0.15) is 5.75 Å². The highest BCUT2D eigenvalue weighted by molar-refractivity contribution is 9.10. The first-order chi connectivity index (χ1) is 13.6. The average molecular weight is 535 g/mol. The molecule has 0 heterocycles. The van der Waals surface area contributed by atoms with Gasteiger partial charge in [-0.05, 0) is 70.0 Å². The molecule has 0 aliphatic rings. The highest BCUT2D eigenvalue weighted by atomic mass is 79.9. The number of hydrogen-bond acceptors (Lipinski definition) is 8. The van der Waals surface area contributed by atoms with E-state index in [-0.39, 0.29) is 28.4 Å². The Kier molecular flexibility index (Phi) is 9.56. The van der Waals surface area contributed by atoms with Crippen molar-refractivity contribution in [1.29, 1.82) is 0 Å². The standard InChI is InChI=1S/C9H8BrNO5.C9H9BrO3/c1-2-16-9(13)5-3-6(10)8(12)7(4-5)11(14)15;1-2-13-9(12)6-3-4-8(11)7(10)5-6/h3-4,12H,2H2,1H3;3-5,11H,2H2,1H3. The largest absolute Gasteiger partial charge is 0.507 e. The molecule has 29 heavy (non-hydrogen) atoms. The minimum absolute atomic E-state index is 0.0122. The number of phenolic OH excluding ortho intramolecular Hbond substituents is 2. The van der Waals surface area contributed by atoms with Crippen LogP contribution in [0, 0.1) is 10.1 Å². The molecule has 0 atom stereocenters. The second-order valence-electron chi connectivity index (χ2n) is 5.19. The van der Waals surface area contributed by atoms with Crippen molar-refractivity contribution in [3.05, 3.63) is 60.5 Å². The lowest BCUT2D eigenvalue weighted by Crippen LogP contribution is -2.05. The number of phenols is 2. The van der Waals surface area contributed by atoms with Crippen LogP contribution in [0.25, 0.3) is 0 Å². The van der Waals surface area contributed by atoms with E-state index in [2.05, 4.69) is 31.9 Å². The number of halogens is 2. The van der Waals surface area contributed by atoms with E-state index >= 15 is 0 Å². The second-order valence-corrected chi connectivity index (χ2v) is 6.90. The molecule has 9 nitrogen and oxygen atoms in total. The summed E-state index contributed by atoms with van der Waals surface area (Å²) in [6.45, 7) is 3.89. The van der Waals surface area contributed by atoms with E-state index in [1.807, 2.05) is 0 Å². The molecule has 0 saturated carbocycles. The smallest absolute Gasteiger partial charge is 0.338 e. The Morgan fingerprint density at radius 2 is 1.48 bits per heavy atom. The molecule has 2 aromatic carbocycles. The summed E-state index contributed by atoms with van der Waals surface area (Å²) in [5.74, 6) is -1.47. The van der Waals surface area contributed by atoms with E-state index in [1.165, 1.54) is 24.3 Å². The predicted molar refractivity (Wildman–Crippen MR) is 110 cm³/mol. The van der Waals surface area contributed by atoms with Gasteiger partial charge in [0.05, 0.1) is 38.2 Å². The van der Waals surface area contributed by atoms with Crippen LogP contribution in [0.4, 0.5) is 5.69 Å². The summed E-state index contributed by atoms with van der Waals surface area (Å²) < 4.78 is 10.0. The van der Waals surface area contributed by atoms with Crippen LogP contribution in [0.15, 0.2) is 39.3 Å². The molecular weight excluding hydrogens is 518 g/mol. The molecule has 0 spiro atoms. The second kappa shape index (κ2) is 11.4. The molecule has 0 saturated heterocycles. The van der Waals surface area contributed by atoms with Gasteiger partial charge in [0.25, 0.3) is 0 Å². The molecule has 2 aromatic rings. The highest BCUT2D eigenvalue weighted by Gasteiger charge is 2.21. The van der Waals surface area contributed by atoms with Crippen LogP contribution in [-0.4, -0.2) is 40.3 Å². The van der Waals surface area contributed by atoms with Crippen LogP contribution in [0.5, 0.6) is 11.5 Å². The number of carbonyl (C=O) groups is 2. The van der Waals surface area contributed by atoms with E-state index in [0.29, 0.717) is 16.6 Å². The molecule has 2 N–H and O–H groups in total. The van der Waals surface area contributed by atoms with Gasteiger partial charge in [-0.2, -0.15) is 0 Å². The fraction of sp³-hybridized carbons (Fsp3) is 0.222. The number of rotatable bonds is 5. The maximum atomic E-state index is 11.3. The normalized spacial score (nSPS) is 9.79. The third kappa shape index (κ3) is 7.02. The van der Waals surface area contributed by atoms with Crippen molar-refractivity contribution in [2.45, 2.75) is 13.8 Å². The Labute approximate surface area is 182 Å². The minimum Gasteiger partial charge on any atom is -0.507 e. The quantitative estimate of drug-likeness (QED) is 0.323. The maximum absolute atomic E-state index is 11.3. The molecule has 0 bridgehead atoms. The van der Waals surface area contributed by atoms with Crippen molar-refractivity contribution in [3.63, 3.8) is 0 Å². The number of ether oxygens (including phenoxy) is 2. The Morgan fingerprint density at radius 1 is 0.966 bits per heavy atom. The van der Waals surface area contributed by atoms with E-state index in [0.717, 1.165) is 6.07 Å². The van der Waals surface area contributed by atoms with Crippen LogP contribution in [0.3, 0.4) is 0 Å². The first-order valence-corrected chi connectivity index (χ1v) is 9.70. The number of nitro groups is 1. The Balaban J connectivity index is 0.000000296. The Morgan fingerprint density at radius 3 is 1.97 bits per heavy atom. The molecule has 156 valence electrons. The monoisotopic (exact) mass is 533 g/mol. The summed E-state index contributed by atoms with van der Waals surface area (Å²) in [6, 6.07) is 6.71. The van der Waals surface area contributed by atoms with Gasteiger partial charge >= 0.3 is 17.6 Å². The summed E-state index contributed by atoms with van der Waals surface area (Å²) in [6.07, 6.45) is 0.